The van der Waals surface area contributed by atoms with Gasteiger partial charge in [0.1, 0.15) is 12.4 Å². The Morgan fingerprint density at radius 2 is 1.57 bits per heavy atom. The minimum atomic E-state index is -0.550. The third kappa shape index (κ3) is 2.48. The normalized spacial score (nSPS) is 37.3. The number of carbonyl (C=O) groups is 3. The number of benzene rings is 1. The summed E-state index contributed by atoms with van der Waals surface area (Å²) in [6.07, 6.45) is 8.89. The molecule has 7 rings (SSSR count). The average Bonchev–Trinajstić information content (AvgIpc) is 3.39. The van der Waals surface area contributed by atoms with E-state index in [9.17, 15) is 18.8 Å². The molecular weight excluding hydrogens is 383 g/mol. The van der Waals surface area contributed by atoms with Crippen molar-refractivity contribution in [3.8, 4) is 0 Å². The first-order chi connectivity index (χ1) is 14.5. The Labute approximate surface area is 174 Å². The minimum Gasteiger partial charge on any atom is -0.345 e. The van der Waals surface area contributed by atoms with Crippen LogP contribution in [0.25, 0.3) is 0 Å². The summed E-state index contributed by atoms with van der Waals surface area (Å²) in [4.78, 5) is 40.4. The summed E-state index contributed by atoms with van der Waals surface area (Å²) in [6, 6.07) is 6.26. The molecule has 3 amide bonds. The van der Waals surface area contributed by atoms with Gasteiger partial charge in [-0.2, -0.15) is 0 Å². The fourth-order valence-electron chi connectivity index (χ4n) is 6.86. The van der Waals surface area contributed by atoms with E-state index in [1.165, 1.54) is 17.0 Å². The second kappa shape index (κ2) is 6.25. The molecule has 1 aliphatic heterocycles. The van der Waals surface area contributed by atoms with Crippen LogP contribution in [0.15, 0.2) is 36.4 Å². The second-order valence-electron chi connectivity index (χ2n) is 9.76. The smallest absolute Gasteiger partial charge is 0.240 e. The molecule has 30 heavy (non-hydrogen) atoms. The van der Waals surface area contributed by atoms with Crippen LogP contribution in [0.1, 0.15) is 37.7 Å². The lowest BCUT2D eigenvalue weighted by Crippen LogP contribution is -2.49. The maximum atomic E-state index is 13.4. The Morgan fingerprint density at radius 1 is 1.00 bits per heavy atom. The van der Waals surface area contributed by atoms with Gasteiger partial charge in [0.15, 0.2) is 0 Å². The summed E-state index contributed by atoms with van der Waals surface area (Å²) < 4.78 is 13.4. The quantitative estimate of drug-likeness (QED) is 0.615. The molecule has 1 heterocycles. The number of nitrogens with zero attached hydrogens (tertiary/aromatic N) is 1. The molecule has 1 aromatic rings. The Balaban J connectivity index is 1.21. The fraction of sp³-hybridized carbons (Fsp3) is 0.542. The molecule has 1 aromatic carbocycles. The van der Waals surface area contributed by atoms with Gasteiger partial charge in [0, 0.05) is 0 Å². The molecule has 5 nitrogen and oxygen atoms in total. The monoisotopic (exact) mass is 408 g/mol. The topological polar surface area (TPSA) is 66.5 Å². The van der Waals surface area contributed by atoms with E-state index in [4.69, 9.17) is 0 Å². The molecule has 156 valence electrons. The van der Waals surface area contributed by atoms with Gasteiger partial charge in [-0.05, 0) is 60.6 Å². The van der Waals surface area contributed by atoms with Crippen molar-refractivity contribution >= 4 is 17.7 Å². The zero-order chi connectivity index (χ0) is 20.6. The van der Waals surface area contributed by atoms with Crippen molar-refractivity contribution in [2.75, 3.05) is 6.54 Å². The maximum Gasteiger partial charge on any atom is 0.240 e. The SMILES string of the molecule is O=C(CN1C(=O)[C@@H]2[C@H]3C=C[C@@H]([C@@H]4C[C@@H]34)[C@H]2C1=O)NC1(c2ccc(F)cc2)CCCC1. The summed E-state index contributed by atoms with van der Waals surface area (Å²) >= 11 is 0. The largest absolute Gasteiger partial charge is 0.345 e. The summed E-state index contributed by atoms with van der Waals surface area (Å²) in [6.45, 7) is -0.220. The lowest BCUT2D eigenvalue weighted by atomic mass is 9.63. The van der Waals surface area contributed by atoms with Crippen molar-refractivity contribution in [3.63, 3.8) is 0 Å². The molecule has 0 unspecified atom stereocenters. The number of imide groups is 1. The number of amides is 3. The van der Waals surface area contributed by atoms with E-state index >= 15 is 0 Å². The van der Waals surface area contributed by atoms with Gasteiger partial charge in [-0.1, -0.05) is 37.1 Å². The van der Waals surface area contributed by atoms with Crippen LogP contribution < -0.4 is 5.32 Å². The predicted octanol–water partition coefficient (Wildman–Crippen LogP) is 2.76. The second-order valence-corrected chi connectivity index (χ2v) is 9.76. The highest BCUT2D eigenvalue weighted by Gasteiger charge is 2.67. The average molecular weight is 408 g/mol. The highest BCUT2D eigenvalue weighted by Crippen LogP contribution is 2.65. The standard InChI is InChI=1S/C24H25FN2O3/c25-14-5-3-13(4-6-14)24(9-1-2-10-24)26-19(28)12-27-22(29)20-15-7-8-16(18-11-17(15)18)21(20)23(27)30/h3-8,15-18,20-21H,1-2,9-12H2,(H,26,28)/t15-,16-,17-,18-,20+,21+/m0/s1. The minimum absolute atomic E-state index is 0.162. The lowest BCUT2D eigenvalue weighted by molar-refractivity contribution is -0.144. The number of rotatable bonds is 4. The number of nitrogens with one attached hydrogen (secondary N) is 1. The van der Waals surface area contributed by atoms with Crippen LogP contribution in [-0.4, -0.2) is 29.2 Å². The van der Waals surface area contributed by atoms with Crippen molar-refractivity contribution in [3.05, 3.63) is 47.8 Å². The van der Waals surface area contributed by atoms with E-state index in [1.807, 2.05) is 0 Å². The molecular formula is C24H25FN2O3. The van der Waals surface area contributed by atoms with Crippen LogP contribution in [0.2, 0.25) is 0 Å². The van der Waals surface area contributed by atoms with Crippen molar-refractivity contribution in [1.29, 1.82) is 0 Å². The van der Waals surface area contributed by atoms with Gasteiger partial charge in [0.25, 0.3) is 0 Å². The first-order valence-corrected chi connectivity index (χ1v) is 11.1. The van der Waals surface area contributed by atoms with E-state index in [-0.39, 0.29) is 53.8 Å². The number of likely N-dealkylation sites (tertiary alicyclic amines) is 1. The van der Waals surface area contributed by atoms with E-state index in [0.717, 1.165) is 37.7 Å². The summed E-state index contributed by atoms with van der Waals surface area (Å²) in [5.41, 5.74) is 0.329. The molecule has 0 radical (unpaired) electrons. The number of hydrogen-bond donors (Lipinski definition) is 1. The van der Waals surface area contributed by atoms with Gasteiger partial charge < -0.3 is 5.32 Å². The molecule has 6 aliphatic rings. The predicted molar refractivity (Wildman–Crippen MR) is 106 cm³/mol. The molecule has 6 heteroatoms. The Morgan fingerprint density at radius 3 is 2.13 bits per heavy atom. The van der Waals surface area contributed by atoms with E-state index in [2.05, 4.69) is 17.5 Å². The lowest BCUT2D eigenvalue weighted by Gasteiger charge is -2.37. The molecule has 1 N–H and O–H groups in total. The van der Waals surface area contributed by atoms with Crippen molar-refractivity contribution in [2.24, 2.45) is 35.5 Å². The first kappa shape index (κ1) is 18.3. The third-order valence-corrected chi connectivity index (χ3v) is 8.29. The highest BCUT2D eigenvalue weighted by molar-refractivity contribution is 6.08. The van der Waals surface area contributed by atoms with E-state index < -0.39 is 5.54 Å². The van der Waals surface area contributed by atoms with Crippen LogP contribution in [0, 0.1) is 41.3 Å². The molecule has 0 aromatic heterocycles. The van der Waals surface area contributed by atoms with Gasteiger partial charge >= 0.3 is 0 Å². The van der Waals surface area contributed by atoms with Crippen LogP contribution >= 0.6 is 0 Å². The van der Waals surface area contributed by atoms with E-state index in [1.54, 1.807) is 12.1 Å². The molecule has 6 atom stereocenters. The van der Waals surface area contributed by atoms with Crippen LogP contribution in [0.3, 0.4) is 0 Å². The van der Waals surface area contributed by atoms with Crippen molar-refractivity contribution in [1.82, 2.24) is 10.2 Å². The highest BCUT2D eigenvalue weighted by atomic mass is 19.1. The molecule has 0 spiro atoms. The van der Waals surface area contributed by atoms with Crippen LogP contribution in [-0.2, 0) is 19.9 Å². The number of carbonyl (C=O) groups excluding carboxylic acids is 3. The number of halogens is 1. The molecule has 1 saturated heterocycles. The molecule has 4 fully saturated rings. The Kier molecular flexibility index (Phi) is 3.81. The molecule has 3 saturated carbocycles. The Hall–Kier alpha value is -2.50. The molecule has 2 bridgehead atoms. The Bertz CT molecular complexity index is 929. The fourth-order valence-corrected chi connectivity index (χ4v) is 6.86. The van der Waals surface area contributed by atoms with Gasteiger partial charge in [0.2, 0.25) is 17.7 Å². The summed E-state index contributed by atoms with van der Waals surface area (Å²) in [5, 5.41) is 3.11. The zero-order valence-corrected chi connectivity index (χ0v) is 16.7. The van der Waals surface area contributed by atoms with Crippen molar-refractivity contribution < 1.29 is 18.8 Å². The van der Waals surface area contributed by atoms with Gasteiger partial charge in [0.05, 0.1) is 17.4 Å². The first-order valence-electron chi connectivity index (χ1n) is 11.1. The molecule has 5 aliphatic carbocycles. The van der Waals surface area contributed by atoms with Crippen LogP contribution in [0.4, 0.5) is 4.39 Å². The zero-order valence-electron chi connectivity index (χ0n) is 16.7. The van der Waals surface area contributed by atoms with E-state index in [0.29, 0.717) is 11.8 Å². The maximum absolute atomic E-state index is 13.4. The van der Waals surface area contributed by atoms with Gasteiger partial charge in [-0.25, -0.2) is 4.39 Å². The van der Waals surface area contributed by atoms with Crippen molar-refractivity contribution in [2.45, 2.75) is 37.6 Å². The van der Waals surface area contributed by atoms with Crippen LogP contribution in [0.5, 0.6) is 0 Å². The summed E-state index contributed by atoms with van der Waals surface area (Å²) in [7, 11) is 0. The third-order valence-electron chi connectivity index (χ3n) is 8.29. The number of allylic oxidation sites excluding steroid dienone is 2. The summed E-state index contributed by atoms with van der Waals surface area (Å²) in [5.74, 6) is -0.103. The van der Waals surface area contributed by atoms with Gasteiger partial charge in [-0.3, -0.25) is 19.3 Å². The number of hydrogen-bond acceptors (Lipinski definition) is 3. The van der Waals surface area contributed by atoms with Gasteiger partial charge in [-0.15, -0.1) is 0 Å².